The van der Waals surface area contributed by atoms with E-state index in [4.69, 9.17) is 5.11 Å². The molecule has 2 N–H and O–H groups in total. The molecule has 2 rings (SSSR count). The van der Waals surface area contributed by atoms with Gasteiger partial charge in [-0.25, -0.2) is 13.1 Å². The first-order valence-corrected chi connectivity index (χ1v) is 8.92. The van der Waals surface area contributed by atoms with Crippen LogP contribution in [-0.4, -0.2) is 13.5 Å². The molecular weight excluding hydrogens is 306 g/mol. The molecule has 0 aliphatic rings. The van der Waals surface area contributed by atoms with E-state index in [2.05, 4.69) is 4.72 Å². The fourth-order valence-electron chi connectivity index (χ4n) is 2.22. The van der Waals surface area contributed by atoms with Crippen molar-refractivity contribution in [1.82, 2.24) is 4.72 Å². The molecule has 114 valence electrons. The zero-order chi connectivity index (χ0) is 15.6. The summed E-state index contributed by atoms with van der Waals surface area (Å²) in [6, 6.07) is 7.97. The third kappa shape index (κ3) is 3.71. The molecular formula is C15H19NO3S2. The number of aliphatic hydroxyl groups is 1. The number of aliphatic hydroxyl groups excluding tert-OH is 1. The molecule has 2 aromatic rings. The molecule has 0 bridgehead atoms. The highest BCUT2D eigenvalue weighted by Crippen LogP contribution is 2.27. The molecule has 1 unspecified atom stereocenters. The first-order valence-electron chi connectivity index (χ1n) is 6.62. The van der Waals surface area contributed by atoms with Crippen LogP contribution in [-0.2, 0) is 16.6 Å². The van der Waals surface area contributed by atoms with E-state index < -0.39 is 10.0 Å². The van der Waals surface area contributed by atoms with Crippen molar-refractivity contribution in [3.63, 3.8) is 0 Å². The number of benzene rings is 1. The summed E-state index contributed by atoms with van der Waals surface area (Å²) < 4.78 is 27.4. The Morgan fingerprint density at radius 2 is 1.86 bits per heavy atom. The average molecular weight is 325 g/mol. The molecule has 4 nitrogen and oxygen atoms in total. The number of aryl methyl sites for hydroxylation is 2. The summed E-state index contributed by atoms with van der Waals surface area (Å²) in [6.45, 7) is 5.75. The molecule has 1 heterocycles. The lowest BCUT2D eigenvalue weighted by molar-refractivity contribution is 0.282. The smallest absolute Gasteiger partial charge is 0.241 e. The topological polar surface area (TPSA) is 66.4 Å². The maximum absolute atomic E-state index is 12.4. The maximum Gasteiger partial charge on any atom is 0.241 e. The number of nitrogens with one attached hydrogen (secondary N) is 1. The van der Waals surface area contributed by atoms with Crippen molar-refractivity contribution in [3.8, 4) is 0 Å². The van der Waals surface area contributed by atoms with Crippen LogP contribution in [0.15, 0.2) is 35.2 Å². The van der Waals surface area contributed by atoms with Gasteiger partial charge >= 0.3 is 0 Å². The van der Waals surface area contributed by atoms with Crippen LogP contribution in [0, 0.1) is 13.8 Å². The Morgan fingerprint density at radius 1 is 1.24 bits per heavy atom. The van der Waals surface area contributed by atoms with Gasteiger partial charge in [0.05, 0.1) is 11.5 Å². The van der Waals surface area contributed by atoms with Gasteiger partial charge in [0.1, 0.15) is 0 Å². The predicted molar refractivity (Wildman–Crippen MR) is 84.9 cm³/mol. The van der Waals surface area contributed by atoms with Gasteiger partial charge in [-0.1, -0.05) is 12.1 Å². The van der Waals surface area contributed by atoms with E-state index in [1.54, 1.807) is 23.5 Å². The fourth-order valence-corrected chi connectivity index (χ4v) is 4.46. The van der Waals surface area contributed by atoms with Crippen LogP contribution in [0.5, 0.6) is 0 Å². The molecule has 0 aliphatic heterocycles. The summed E-state index contributed by atoms with van der Waals surface area (Å²) >= 11 is 1.66. The van der Waals surface area contributed by atoms with E-state index in [1.165, 1.54) is 17.0 Å². The number of sulfonamides is 1. The van der Waals surface area contributed by atoms with Crippen molar-refractivity contribution in [1.29, 1.82) is 0 Å². The highest BCUT2D eigenvalue weighted by atomic mass is 32.2. The number of rotatable bonds is 5. The molecule has 0 radical (unpaired) electrons. The second-order valence-electron chi connectivity index (χ2n) is 5.01. The van der Waals surface area contributed by atoms with Crippen molar-refractivity contribution < 1.29 is 13.5 Å². The minimum absolute atomic E-state index is 0.0997. The Morgan fingerprint density at radius 3 is 2.33 bits per heavy atom. The second-order valence-corrected chi connectivity index (χ2v) is 8.19. The summed E-state index contributed by atoms with van der Waals surface area (Å²) in [4.78, 5) is 2.50. The molecule has 0 fully saturated rings. The Labute approximate surface area is 129 Å². The van der Waals surface area contributed by atoms with Crippen LogP contribution >= 0.6 is 11.3 Å². The van der Waals surface area contributed by atoms with E-state index in [9.17, 15) is 8.42 Å². The van der Waals surface area contributed by atoms with Crippen LogP contribution in [0.25, 0.3) is 0 Å². The maximum atomic E-state index is 12.4. The zero-order valence-electron chi connectivity index (χ0n) is 12.3. The number of hydrogen-bond donors (Lipinski definition) is 2. The van der Waals surface area contributed by atoms with Gasteiger partial charge in [-0.2, -0.15) is 0 Å². The highest BCUT2D eigenvalue weighted by Gasteiger charge is 2.20. The van der Waals surface area contributed by atoms with Gasteiger partial charge in [-0.05, 0) is 50.1 Å². The van der Waals surface area contributed by atoms with Gasteiger partial charge in [0.25, 0.3) is 0 Å². The van der Waals surface area contributed by atoms with Crippen molar-refractivity contribution in [2.24, 2.45) is 0 Å². The molecule has 0 saturated carbocycles. The Hall–Kier alpha value is -1.21. The van der Waals surface area contributed by atoms with Crippen LogP contribution in [0.1, 0.15) is 33.8 Å². The third-order valence-electron chi connectivity index (χ3n) is 3.29. The predicted octanol–water partition coefficient (Wildman–Crippen LogP) is 2.90. The monoisotopic (exact) mass is 325 g/mol. The molecule has 21 heavy (non-hydrogen) atoms. The minimum Gasteiger partial charge on any atom is -0.392 e. The summed E-state index contributed by atoms with van der Waals surface area (Å²) in [5, 5.41) is 8.99. The van der Waals surface area contributed by atoms with E-state index >= 15 is 0 Å². The minimum atomic E-state index is -3.57. The average Bonchev–Trinajstić information content (AvgIpc) is 2.77. The summed E-state index contributed by atoms with van der Waals surface area (Å²) in [7, 11) is -3.57. The normalized spacial score (nSPS) is 13.3. The molecule has 1 aromatic carbocycles. The third-order valence-corrected chi connectivity index (χ3v) is 5.83. The van der Waals surface area contributed by atoms with E-state index in [1.807, 2.05) is 26.8 Å². The van der Waals surface area contributed by atoms with Crippen LogP contribution in [0.4, 0.5) is 0 Å². The molecule has 1 atom stereocenters. The quantitative estimate of drug-likeness (QED) is 0.888. The van der Waals surface area contributed by atoms with E-state index in [-0.39, 0.29) is 17.5 Å². The first-order chi connectivity index (χ1) is 9.83. The molecule has 0 spiro atoms. The highest BCUT2D eigenvalue weighted by molar-refractivity contribution is 7.89. The van der Waals surface area contributed by atoms with Gasteiger partial charge in [-0.3, -0.25) is 0 Å². The Kier molecular flexibility index (Phi) is 4.83. The van der Waals surface area contributed by atoms with Crippen molar-refractivity contribution in [3.05, 3.63) is 51.2 Å². The van der Waals surface area contributed by atoms with Crippen LogP contribution < -0.4 is 4.72 Å². The Bertz CT molecular complexity index is 718. The second kappa shape index (κ2) is 6.27. The molecule has 1 aromatic heterocycles. The van der Waals surface area contributed by atoms with Gasteiger partial charge in [0.2, 0.25) is 10.0 Å². The number of thiophene rings is 1. The van der Waals surface area contributed by atoms with Crippen LogP contribution in [0.2, 0.25) is 0 Å². The van der Waals surface area contributed by atoms with Gasteiger partial charge in [0, 0.05) is 15.8 Å². The Balaban J connectivity index is 2.22. The molecule has 0 amide bonds. The van der Waals surface area contributed by atoms with Crippen molar-refractivity contribution in [2.75, 3.05) is 0 Å². The fraction of sp³-hybridized carbons (Fsp3) is 0.333. The standard InChI is InChI=1S/C15H19NO3S2/c1-10-8-15(12(3)20-10)11(2)16-21(18,19)14-6-4-13(9-17)5-7-14/h4-8,11,16-17H,9H2,1-3H3. The zero-order valence-corrected chi connectivity index (χ0v) is 13.9. The summed E-state index contributed by atoms with van der Waals surface area (Å²) in [5.74, 6) is 0. The van der Waals surface area contributed by atoms with Crippen LogP contribution in [0.3, 0.4) is 0 Å². The molecule has 6 heteroatoms. The lowest BCUT2D eigenvalue weighted by Gasteiger charge is -2.14. The van der Waals surface area contributed by atoms with E-state index in [0.29, 0.717) is 5.56 Å². The van der Waals surface area contributed by atoms with Gasteiger partial charge < -0.3 is 5.11 Å². The summed E-state index contributed by atoms with van der Waals surface area (Å²) in [6.07, 6.45) is 0. The van der Waals surface area contributed by atoms with Gasteiger partial charge in [-0.15, -0.1) is 11.3 Å². The largest absolute Gasteiger partial charge is 0.392 e. The number of hydrogen-bond acceptors (Lipinski definition) is 4. The molecule has 0 aliphatic carbocycles. The first kappa shape index (κ1) is 16.2. The molecule has 0 saturated heterocycles. The SMILES string of the molecule is Cc1cc(C(C)NS(=O)(=O)c2ccc(CO)cc2)c(C)s1. The van der Waals surface area contributed by atoms with Crippen molar-refractivity contribution in [2.45, 2.75) is 38.3 Å². The summed E-state index contributed by atoms with van der Waals surface area (Å²) in [5.41, 5.74) is 1.69. The van der Waals surface area contributed by atoms with Gasteiger partial charge in [0.15, 0.2) is 0 Å². The lowest BCUT2D eigenvalue weighted by atomic mass is 10.1. The lowest BCUT2D eigenvalue weighted by Crippen LogP contribution is -2.27. The van der Waals surface area contributed by atoms with Crippen molar-refractivity contribution >= 4 is 21.4 Å². The van der Waals surface area contributed by atoms with E-state index in [0.717, 1.165) is 10.4 Å².